The van der Waals surface area contributed by atoms with E-state index in [1.54, 1.807) is 11.8 Å². The van der Waals surface area contributed by atoms with Crippen LogP contribution in [0.15, 0.2) is 0 Å². The van der Waals surface area contributed by atoms with Crippen molar-refractivity contribution in [3.05, 3.63) is 15.6 Å². The molecule has 0 spiro atoms. The first-order valence-electron chi connectivity index (χ1n) is 4.73. The van der Waals surface area contributed by atoms with Crippen molar-refractivity contribution in [1.82, 2.24) is 4.98 Å². The van der Waals surface area contributed by atoms with Gasteiger partial charge in [0.15, 0.2) is 0 Å². The Labute approximate surface area is 97.9 Å². The first-order chi connectivity index (χ1) is 7.04. The van der Waals surface area contributed by atoms with Crippen LogP contribution in [-0.4, -0.2) is 22.3 Å². The van der Waals surface area contributed by atoms with Crippen LogP contribution in [0.5, 0.6) is 0 Å². The monoisotopic (exact) mass is 245 g/mol. The summed E-state index contributed by atoms with van der Waals surface area (Å²) in [5, 5.41) is 9.82. The zero-order valence-corrected chi connectivity index (χ0v) is 10.7. The molecule has 0 bridgehead atoms. The summed E-state index contributed by atoms with van der Waals surface area (Å²) < 4.78 is 0. The molecule has 1 aromatic heterocycles. The predicted octanol–water partition coefficient (Wildman–Crippen LogP) is 2.76. The Morgan fingerprint density at radius 1 is 1.60 bits per heavy atom. The Morgan fingerprint density at radius 2 is 2.27 bits per heavy atom. The van der Waals surface area contributed by atoms with Crippen LogP contribution in [0.1, 0.15) is 35.3 Å². The van der Waals surface area contributed by atoms with Gasteiger partial charge in [0.25, 0.3) is 0 Å². The number of nitrogens with zero attached hydrogens (tertiary/aromatic N) is 1. The number of hydrogen-bond acceptors (Lipinski definition) is 4. The molecule has 15 heavy (non-hydrogen) atoms. The van der Waals surface area contributed by atoms with Crippen LogP contribution in [0.2, 0.25) is 0 Å². The third kappa shape index (κ3) is 3.50. The number of carboxylic acids is 1. The van der Waals surface area contributed by atoms with E-state index in [9.17, 15) is 4.79 Å². The van der Waals surface area contributed by atoms with E-state index in [0.29, 0.717) is 5.92 Å². The fourth-order valence-electron chi connectivity index (χ4n) is 1.31. The Morgan fingerprint density at radius 3 is 2.73 bits per heavy atom. The summed E-state index contributed by atoms with van der Waals surface area (Å²) in [4.78, 5) is 16.1. The third-order valence-corrected chi connectivity index (χ3v) is 3.71. The highest BCUT2D eigenvalue weighted by Gasteiger charge is 2.16. The van der Waals surface area contributed by atoms with E-state index in [1.807, 2.05) is 20.1 Å². The minimum Gasteiger partial charge on any atom is -0.481 e. The van der Waals surface area contributed by atoms with Gasteiger partial charge in [0, 0.05) is 10.6 Å². The van der Waals surface area contributed by atoms with Crippen molar-refractivity contribution in [3.8, 4) is 0 Å². The highest BCUT2D eigenvalue weighted by Crippen LogP contribution is 2.27. The molecule has 0 aliphatic rings. The summed E-state index contributed by atoms with van der Waals surface area (Å²) in [6.45, 7) is 4.09. The van der Waals surface area contributed by atoms with Gasteiger partial charge in [-0.2, -0.15) is 11.8 Å². The van der Waals surface area contributed by atoms with Gasteiger partial charge in [-0.1, -0.05) is 13.8 Å². The van der Waals surface area contributed by atoms with Crippen LogP contribution in [0.4, 0.5) is 0 Å². The van der Waals surface area contributed by atoms with Crippen LogP contribution in [-0.2, 0) is 17.0 Å². The standard InChI is InChI=1S/C10H15NO2S2/c1-6(2)10-7(4-9(12)13)15-8(11-10)5-14-3/h6H,4-5H2,1-3H3,(H,12,13). The summed E-state index contributed by atoms with van der Waals surface area (Å²) in [7, 11) is 0. The first kappa shape index (κ1) is 12.5. The maximum Gasteiger partial charge on any atom is 0.308 e. The van der Waals surface area contributed by atoms with Crippen LogP contribution >= 0.6 is 23.1 Å². The Hall–Kier alpha value is -0.550. The van der Waals surface area contributed by atoms with Gasteiger partial charge in [0.05, 0.1) is 12.1 Å². The molecule has 0 aliphatic heterocycles. The molecule has 0 atom stereocenters. The summed E-state index contributed by atoms with van der Waals surface area (Å²) in [6.07, 6.45) is 2.12. The van der Waals surface area contributed by atoms with Crippen molar-refractivity contribution in [2.75, 3.05) is 6.26 Å². The topological polar surface area (TPSA) is 50.2 Å². The van der Waals surface area contributed by atoms with Gasteiger partial charge in [-0.25, -0.2) is 4.98 Å². The molecule has 0 amide bonds. The first-order valence-corrected chi connectivity index (χ1v) is 6.94. The van der Waals surface area contributed by atoms with Crippen molar-refractivity contribution in [2.24, 2.45) is 0 Å². The van der Waals surface area contributed by atoms with Crippen LogP contribution in [0, 0.1) is 0 Å². The molecule has 0 saturated carbocycles. The molecule has 1 aromatic rings. The second kappa shape index (κ2) is 5.51. The minimum absolute atomic E-state index is 0.0968. The van der Waals surface area contributed by atoms with Crippen molar-refractivity contribution in [1.29, 1.82) is 0 Å². The van der Waals surface area contributed by atoms with Gasteiger partial charge in [-0.15, -0.1) is 11.3 Å². The van der Waals surface area contributed by atoms with E-state index in [-0.39, 0.29) is 6.42 Å². The molecule has 3 nitrogen and oxygen atoms in total. The van der Waals surface area contributed by atoms with E-state index in [0.717, 1.165) is 21.3 Å². The fraction of sp³-hybridized carbons (Fsp3) is 0.600. The van der Waals surface area contributed by atoms with Gasteiger partial charge in [0.1, 0.15) is 5.01 Å². The smallest absolute Gasteiger partial charge is 0.308 e. The quantitative estimate of drug-likeness (QED) is 0.866. The molecule has 1 N–H and O–H groups in total. The van der Waals surface area contributed by atoms with Crippen LogP contribution in [0.25, 0.3) is 0 Å². The zero-order valence-electron chi connectivity index (χ0n) is 9.11. The lowest BCUT2D eigenvalue weighted by Crippen LogP contribution is -2.02. The second-order valence-electron chi connectivity index (χ2n) is 3.57. The van der Waals surface area contributed by atoms with E-state index < -0.39 is 5.97 Å². The molecule has 0 saturated heterocycles. The normalized spacial score (nSPS) is 10.9. The zero-order chi connectivity index (χ0) is 11.4. The largest absolute Gasteiger partial charge is 0.481 e. The lowest BCUT2D eigenvalue weighted by molar-refractivity contribution is -0.136. The van der Waals surface area contributed by atoms with Gasteiger partial charge in [-0.05, 0) is 12.2 Å². The molecule has 1 heterocycles. The van der Waals surface area contributed by atoms with Crippen molar-refractivity contribution >= 4 is 29.1 Å². The van der Waals surface area contributed by atoms with Gasteiger partial charge in [-0.3, -0.25) is 4.79 Å². The van der Waals surface area contributed by atoms with Crippen molar-refractivity contribution < 1.29 is 9.90 Å². The molecule has 0 unspecified atom stereocenters. The average Bonchev–Trinajstić information content (AvgIpc) is 2.47. The summed E-state index contributed by atoms with van der Waals surface area (Å²) >= 11 is 3.24. The molecule has 0 radical (unpaired) electrons. The van der Waals surface area contributed by atoms with Gasteiger partial charge >= 0.3 is 5.97 Å². The number of thioether (sulfide) groups is 1. The summed E-state index contributed by atoms with van der Waals surface area (Å²) in [5.74, 6) is 0.381. The molecule has 84 valence electrons. The number of hydrogen-bond donors (Lipinski definition) is 1. The summed E-state index contributed by atoms with van der Waals surface area (Å²) in [6, 6.07) is 0. The van der Waals surface area contributed by atoms with E-state index >= 15 is 0 Å². The highest BCUT2D eigenvalue weighted by molar-refractivity contribution is 7.97. The van der Waals surface area contributed by atoms with Crippen molar-refractivity contribution in [2.45, 2.75) is 31.9 Å². The van der Waals surface area contributed by atoms with E-state index in [2.05, 4.69) is 4.98 Å². The molecule has 5 heteroatoms. The molecular weight excluding hydrogens is 230 g/mol. The molecule has 0 fully saturated rings. The number of aromatic nitrogens is 1. The fourth-order valence-corrected chi connectivity index (χ4v) is 3.23. The highest BCUT2D eigenvalue weighted by atomic mass is 32.2. The number of carbonyl (C=O) groups is 1. The number of thiazole rings is 1. The average molecular weight is 245 g/mol. The number of aliphatic carboxylic acids is 1. The molecule has 1 rings (SSSR count). The maximum atomic E-state index is 10.7. The van der Waals surface area contributed by atoms with Crippen molar-refractivity contribution in [3.63, 3.8) is 0 Å². The third-order valence-electron chi connectivity index (χ3n) is 1.90. The second-order valence-corrected chi connectivity index (χ2v) is 5.61. The summed E-state index contributed by atoms with van der Waals surface area (Å²) in [5.41, 5.74) is 0.950. The van der Waals surface area contributed by atoms with Gasteiger partial charge < -0.3 is 5.11 Å². The Kier molecular flexibility index (Phi) is 4.60. The molecule has 0 aromatic carbocycles. The lowest BCUT2D eigenvalue weighted by atomic mass is 10.1. The van der Waals surface area contributed by atoms with E-state index in [1.165, 1.54) is 11.3 Å². The van der Waals surface area contributed by atoms with Crippen LogP contribution < -0.4 is 0 Å². The number of carboxylic acid groups (broad SMARTS) is 1. The van der Waals surface area contributed by atoms with Crippen LogP contribution in [0.3, 0.4) is 0 Å². The minimum atomic E-state index is -0.781. The SMILES string of the molecule is CSCc1nc(C(C)C)c(CC(=O)O)s1. The Balaban J connectivity index is 2.94. The molecule has 0 aliphatic carbocycles. The molecular formula is C10H15NO2S2. The predicted molar refractivity (Wildman–Crippen MR) is 64.8 cm³/mol. The maximum absolute atomic E-state index is 10.7. The number of rotatable bonds is 5. The Bertz CT molecular complexity index is 347. The van der Waals surface area contributed by atoms with Gasteiger partial charge in [0.2, 0.25) is 0 Å². The van der Waals surface area contributed by atoms with E-state index in [4.69, 9.17) is 5.11 Å². The lowest BCUT2D eigenvalue weighted by Gasteiger charge is -2.02.